The molecule has 2 heterocycles. The van der Waals surface area contributed by atoms with Crippen LogP contribution in [0.25, 0.3) is 0 Å². The van der Waals surface area contributed by atoms with Crippen molar-refractivity contribution in [3.8, 4) is 0 Å². The third kappa shape index (κ3) is 2.74. The molecule has 1 unspecified atom stereocenters. The van der Waals surface area contributed by atoms with Gasteiger partial charge >= 0.3 is 5.97 Å². The fourth-order valence-corrected chi connectivity index (χ4v) is 4.10. The highest BCUT2D eigenvalue weighted by Gasteiger charge is 2.31. The van der Waals surface area contributed by atoms with E-state index >= 15 is 0 Å². The molecule has 0 aromatic carbocycles. The molecular formula is C11H12N2O5S2. The maximum Gasteiger partial charge on any atom is 0.327 e. The summed E-state index contributed by atoms with van der Waals surface area (Å²) in [4.78, 5) is 11.5. The lowest BCUT2D eigenvalue weighted by Gasteiger charge is -2.13. The maximum atomic E-state index is 12.3. The Labute approximate surface area is 119 Å². The first-order valence-corrected chi connectivity index (χ1v) is 7.90. The van der Waals surface area contributed by atoms with Crippen molar-refractivity contribution in [2.24, 2.45) is 0 Å². The van der Waals surface area contributed by atoms with E-state index < -0.39 is 22.0 Å². The Morgan fingerprint density at radius 1 is 1.50 bits per heavy atom. The van der Waals surface area contributed by atoms with E-state index in [2.05, 4.69) is 9.88 Å². The number of rotatable bonds is 5. The fourth-order valence-electron chi connectivity index (χ4n) is 1.76. The van der Waals surface area contributed by atoms with Crippen molar-refractivity contribution < 1.29 is 22.8 Å². The summed E-state index contributed by atoms with van der Waals surface area (Å²) >= 11 is 1.16. The van der Waals surface area contributed by atoms with Gasteiger partial charge in [0.15, 0.2) is 11.8 Å². The SMILES string of the molecule is Cc1noc(C)c1S(=O)(=O)NC(C(=O)O)c1cccs1. The van der Waals surface area contributed by atoms with Gasteiger partial charge in [-0.25, -0.2) is 8.42 Å². The molecule has 0 aliphatic heterocycles. The van der Waals surface area contributed by atoms with E-state index in [0.29, 0.717) is 4.88 Å². The van der Waals surface area contributed by atoms with E-state index in [1.807, 2.05) is 0 Å². The minimum atomic E-state index is -4.03. The topological polar surface area (TPSA) is 110 Å². The van der Waals surface area contributed by atoms with Crippen LogP contribution in [0.1, 0.15) is 22.4 Å². The van der Waals surface area contributed by atoms with Gasteiger partial charge in [-0.2, -0.15) is 4.72 Å². The van der Waals surface area contributed by atoms with Gasteiger partial charge in [0.05, 0.1) is 0 Å². The molecule has 0 bridgehead atoms. The van der Waals surface area contributed by atoms with Crippen molar-refractivity contribution in [3.05, 3.63) is 33.8 Å². The minimum absolute atomic E-state index is 0.116. The standard InChI is InChI=1S/C11H12N2O5S2/c1-6-10(7(2)18-12-6)20(16,17)13-9(11(14)15)8-4-3-5-19-8/h3-5,9,13H,1-2H3,(H,14,15). The first kappa shape index (κ1) is 14.7. The highest BCUT2D eigenvalue weighted by atomic mass is 32.2. The summed E-state index contributed by atoms with van der Waals surface area (Å²) in [5, 5.41) is 14.4. The second-order valence-electron chi connectivity index (χ2n) is 4.06. The zero-order valence-corrected chi connectivity index (χ0v) is 12.3. The molecule has 7 nitrogen and oxygen atoms in total. The lowest BCUT2D eigenvalue weighted by Crippen LogP contribution is -2.33. The quantitative estimate of drug-likeness (QED) is 0.864. The van der Waals surface area contributed by atoms with Crippen molar-refractivity contribution in [2.75, 3.05) is 0 Å². The monoisotopic (exact) mass is 316 g/mol. The van der Waals surface area contributed by atoms with Crippen molar-refractivity contribution in [1.82, 2.24) is 9.88 Å². The van der Waals surface area contributed by atoms with Crippen LogP contribution in [-0.2, 0) is 14.8 Å². The summed E-state index contributed by atoms with van der Waals surface area (Å²) in [5.74, 6) is -1.16. The number of nitrogens with one attached hydrogen (secondary N) is 1. The van der Waals surface area contributed by atoms with Crippen LogP contribution in [0.3, 0.4) is 0 Å². The predicted octanol–water partition coefficient (Wildman–Crippen LogP) is 1.46. The molecule has 0 fully saturated rings. The largest absolute Gasteiger partial charge is 0.480 e. The highest BCUT2D eigenvalue weighted by Crippen LogP contribution is 2.24. The number of carbonyl (C=O) groups is 1. The summed E-state index contributed by atoms with van der Waals surface area (Å²) < 4.78 is 31.5. The average Bonchev–Trinajstić information content (AvgIpc) is 2.96. The fraction of sp³-hybridized carbons (Fsp3) is 0.273. The first-order chi connectivity index (χ1) is 9.33. The van der Waals surface area contributed by atoms with E-state index in [9.17, 15) is 18.3 Å². The Morgan fingerprint density at radius 3 is 2.65 bits per heavy atom. The average molecular weight is 316 g/mol. The Bertz CT molecular complexity index is 699. The van der Waals surface area contributed by atoms with Crippen LogP contribution in [0.15, 0.2) is 26.9 Å². The Morgan fingerprint density at radius 2 is 2.20 bits per heavy atom. The predicted molar refractivity (Wildman–Crippen MR) is 71.0 cm³/mol. The number of hydrogen-bond acceptors (Lipinski definition) is 6. The van der Waals surface area contributed by atoms with Gasteiger partial charge in [0.2, 0.25) is 10.0 Å². The second-order valence-corrected chi connectivity index (χ2v) is 6.69. The number of nitrogens with zero attached hydrogens (tertiary/aromatic N) is 1. The molecule has 20 heavy (non-hydrogen) atoms. The van der Waals surface area contributed by atoms with Crippen LogP contribution in [0.4, 0.5) is 0 Å². The zero-order valence-electron chi connectivity index (χ0n) is 10.7. The molecule has 1 atom stereocenters. The van der Waals surface area contributed by atoms with Crippen molar-refractivity contribution >= 4 is 27.3 Å². The molecule has 0 aliphatic rings. The van der Waals surface area contributed by atoms with Gasteiger partial charge < -0.3 is 9.63 Å². The van der Waals surface area contributed by atoms with Crippen LogP contribution in [-0.4, -0.2) is 24.7 Å². The summed E-state index contributed by atoms with van der Waals surface area (Å²) in [6.45, 7) is 2.93. The van der Waals surface area contributed by atoms with E-state index in [1.165, 1.54) is 13.8 Å². The molecule has 2 aromatic heterocycles. The Hall–Kier alpha value is -1.71. The van der Waals surface area contributed by atoms with Crippen molar-refractivity contribution in [2.45, 2.75) is 24.8 Å². The smallest absolute Gasteiger partial charge is 0.327 e. The van der Waals surface area contributed by atoms with Gasteiger partial charge in [-0.15, -0.1) is 11.3 Å². The molecule has 0 spiro atoms. The van der Waals surface area contributed by atoms with Gasteiger partial charge in [0.25, 0.3) is 0 Å². The number of thiophene rings is 1. The van der Waals surface area contributed by atoms with E-state index in [-0.39, 0.29) is 16.3 Å². The number of hydrogen-bond donors (Lipinski definition) is 2. The van der Waals surface area contributed by atoms with Crippen molar-refractivity contribution in [3.63, 3.8) is 0 Å². The van der Waals surface area contributed by atoms with Gasteiger partial charge in [-0.1, -0.05) is 11.2 Å². The zero-order chi connectivity index (χ0) is 14.9. The number of aryl methyl sites for hydroxylation is 2. The lowest BCUT2D eigenvalue weighted by molar-refractivity contribution is -0.139. The van der Waals surface area contributed by atoms with Crippen molar-refractivity contribution in [1.29, 1.82) is 0 Å². The number of carboxylic acids is 1. The number of aliphatic carboxylic acids is 1. The van der Waals surface area contributed by atoms with Crippen LogP contribution < -0.4 is 4.72 Å². The van der Waals surface area contributed by atoms with Crippen LogP contribution in [0.5, 0.6) is 0 Å². The Balaban J connectivity index is 2.38. The van der Waals surface area contributed by atoms with Crippen LogP contribution in [0.2, 0.25) is 0 Å². The second kappa shape index (κ2) is 5.35. The molecule has 0 radical (unpaired) electrons. The Kier molecular flexibility index (Phi) is 3.93. The molecule has 2 N–H and O–H groups in total. The van der Waals surface area contributed by atoms with Crippen LogP contribution >= 0.6 is 11.3 Å². The van der Waals surface area contributed by atoms with Gasteiger partial charge in [0, 0.05) is 4.88 Å². The molecule has 108 valence electrons. The van der Waals surface area contributed by atoms with E-state index in [0.717, 1.165) is 11.3 Å². The number of carboxylic acid groups (broad SMARTS) is 1. The summed E-state index contributed by atoms with van der Waals surface area (Å²) in [7, 11) is -4.03. The number of sulfonamides is 1. The molecule has 0 aliphatic carbocycles. The van der Waals surface area contributed by atoms with Crippen LogP contribution in [0, 0.1) is 13.8 Å². The normalized spacial score (nSPS) is 13.3. The minimum Gasteiger partial charge on any atom is -0.480 e. The molecule has 9 heteroatoms. The van der Waals surface area contributed by atoms with E-state index in [1.54, 1.807) is 17.5 Å². The summed E-state index contributed by atoms with van der Waals surface area (Å²) in [6.07, 6.45) is 0. The summed E-state index contributed by atoms with van der Waals surface area (Å²) in [5.41, 5.74) is 0.185. The highest BCUT2D eigenvalue weighted by molar-refractivity contribution is 7.89. The molecule has 0 saturated carbocycles. The van der Waals surface area contributed by atoms with Gasteiger partial charge in [-0.3, -0.25) is 4.79 Å². The molecule has 2 aromatic rings. The maximum absolute atomic E-state index is 12.3. The molecule has 0 amide bonds. The third-order valence-corrected chi connectivity index (χ3v) is 5.19. The molecule has 0 saturated heterocycles. The lowest BCUT2D eigenvalue weighted by atomic mass is 10.3. The first-order valence-electron chi connectivity index (χ1n) is 5.54. The number of aromatic nitrogens is 1. The van der Waals surface area contributed by atoms with Gasteiger partial charge in [-0.05, 0) is 25.3 Å². The third-order valence-electron chi connectivity index (χ3n) is 2.58. The molecular weight excluding hydrogens is 304 g/mol. The summed E-state index contributed by atoms with van der Waals surface area (Å²) in [6, 6.07) is 1.87. The molecule has 2 rings (SSSR count). The van der Waals surface area contributed by atoms with E-state index in [4.69, 9.17) is 4.52 Å². The van der Waals surface area contributed by atoms with Gasteiger partial charge in [0.1, 0.15) is 10.6 Å².